The van der Waals surface area contributed by atoms with E-state index in [0.717, 1.165) is 25.2 Å². The fourth-order valence-electron chi connectivity index (χ4n) is 2.75. The number of hydrogen-bond donors (Lipinski definition) is 2. The van der Waals surface area contributed by atoms with Gasteiger partial charge in [0.2, 0.25) is 0 Å². The van der Waals surface area contributed by atoms with Gasteiger partial charge < -0.3 is 14.9 Å². The number of benzene rings is 1. The first-order chi connectivity index (χ1) is 9.92. The van der Waals surface area contributed by atoms with Crippen LogP contribution in [0.3, 0.4) is 0 Å². The zero-order valence-corrected chi connectivity index (χ0v) is 12.6. The molecular formula is C16H23NO4. The van der Waals surface area contributed by atoms with E-state index in [9.17, 15) is 9.90 Å². The summed E-state index contributed by atoms with van der Waals surface area (Å²) < 4.78 is 5.46. The third-order valence-corrected chi connectivity index (χ3v) is 3.96. The quantitative estimate of drug-likeness (QED) is 0.857. The number of nitrogens with zero attached hydrogens (tertiary/aromatic N) is 1. The van der Waals surface area contributed by atoms with Gasteiger partial charge in [-0.25, -0.2) is 4.79 Å². The van der Waals surface area contributed by atoms with Gasteiger partial charge in [-0.2, -0.15) is 0 Å². The largest absolute Gasteiger partial charge is 0.478 e. The van der Waals surface area contributed by atoms with Crippen LogP contribution in [0.1, 0.15) is 29.8 Å². The van der Waals surface area contributed by atoms with Crippen LogP contribution >= 0.6 is 0 Å². The van der Waals surface area contributed by atoms with E-state index >= 15 is 0 Å². The van der Waals surface area contributed by atoms with Gasteiger partial charge in [-0.3, -0.25) is 4.90 Å². The van der Waals surface area contributed by atoms with Crippen molar-refractivity contribution in [3.63, 3.8) is 0 Å². The Balaban J connectivity index is 2.05. The lowest BCUT2D eigenvalue weighted by Crippen LogP contribution is -2.48. The Bertz CT molecular complexity index is 484. The third kappa shape index (κ3) is 4.03. The van der Waals surface area contributed by atoms with E-state index in [1.165, 1.54) is 0 Å². The molecule has 0 saturated carbocycles. The molecule has 1 fully saturated rings. The Morgan fingerprint density at radius 3 is 2.62 bits per heavy atom. The van der Waals surface area contributed by atoms with Crippen molar-refractivity contribution >= 4 is 5.97 Å². The summed E-state index contributed by atoms with van der Waals surface area (Å²) in [5.41, 5.74) is 1.33. The number of carbonyl (C=O) groups is 1. The molecule has 5 nitrogen and oxygen atoms in total. The summed E-state index contributed by atoms with van der Waals surface area (Å²) in [4.78, 5) is 13.2. The summed E-state index contributed by atoms with van der Waals surface area (Å²) in [6.07, 6.45) is -0.107. The minimum atomic E-state index is -0.904. The summed E-state index contributed by atoms with van der Waals surface area (Å²) in [5.74, 6) is -0.904. The fraction of sp³-hybridized carbons (Fsp3) is 0.562. The van der Waals surface area contributed by atoms with E-state index in [0.29, 0.717) is 12.2 Å². The minimum Gasteiger partial charge on any atom is -0.478 e. The highest BCUT2D eigenvalue weighted by Crippen LogP contribution is 2.25. The lowest BCUT2D eigenvalue weighted by Gasteiger charge is -2.37. The molecule has 0 spiro atoms. The van der Waals surface area contributed by atoms with Gasteiger partial charge in [-0.05, 0) is 17.7 Å². The molecule has 1 heterocycles. The van der Waals surface area contributed by atoms with E-state index in [-0.39, 0.29) is 18.1 Å². The van der Waals surface area contributed by atoms with Crippen molar-refractivity contribution in [3.8, 4) is 0 Å². The van der Waals surface area contributed by atoms with Gasteiger partial charge in [0.05, 0.1) is 24.9 Å². The van der Waals surface area contributed by atoms with Crippen LogP contribution in [-0.2, 0) is 10.2 Å². The molecule has 1 saturated heterocycles. The highest BCUT2D eigenvalue weighted by Gasteiger charge is 2.28. The van der Waals surface area contributed by atoms with Crippen LogP contribution in [0, 0.1) is 0 Å². The van der Waals surface area contributed by atoms with Crippen LogP contribution in [0.4, 0.5) is 0 Å². The topological polar surface area (TPSA) is 70.0 Å². The molecule has 0 bridgehead atoms. The second-order valence-electron chi connectivity index (χ2n) is 6.18. The van der Waals surface area contributed by atoms with Gasteiger partial charge in [-0.1, -0.05) is 26.0 Å². The van der Waals surface area contributed by atoms with E-state index in [1.54, 1.807) is 12.1 Å². The van der Waals surface area contributed by atoms with Crippen molar-refractivity contribution in [1.29, 1.82) is 0 Å². The third-order valence-electron chi connectivity index (χ3n) is 3.96. The van der Waals surface area contributed by atoms with Gasteiger partial charge in [-0.15, -0.1) is 0 Å². The molecule has 1 atom stereocenters. The van der Waals surface area contributed by atoms with Crippen LogP contribution in [0.5, 0.6) is 0 Å². The number of aliphatic hydroxyl groups is 1. The average molecular weight is 293 g/mol. The first-order valence-corrected chi connectivity index (χ1v) is 7.21. The Morgan fingerprint density at radius 2 is 2.05 bits per heavy atom. The van der Waals surface area contributed by atoms with E-state index in [1.807, 2.05) is 12.1 Å². The molecule has 0 aliphatic carbocycles. The number of carboxylic acids is 1. The molecule has 2 rings (SSSR count). The standard InChI is InChI=1S/C16H23NO4/c1-16(2,11-17-7-8-21-14(9-17)10-18)13-5-3-12(4-6-13)15(19)20/h3-6,14,18H,7-11H2,1-2H3,(H,19,20)/t14-/m0/s1. The highest BCUT2D eigenvalue weighted by molar-refractivity contribution is 5.87. The first kappa shape index (κ1) is 15.9. The van der Waals surface area contributed by atoms with Crippen molar-refractivity contribution in [1.82, 2.24) is 4.90 Å². The molecule has 0 unspecified atom stereocenters. The van der Waals surface area contributed by atoms with Crippen LogP contribution in [0.2, 0.25) is 0 Å². The number of ether oxygens (including phenoxy) is 1. The maximum Gasteiger partial charge on any atom is 0.335 e. The molecule has 1 aromatic carbocycles. The van der Waals surface area contributed by atoms with Crippen molar-refractivity contribution in [3.05, 3.63) is 35.4 Å². The molecule has 116 valence electrons. The number of carboxylic acid groups (broad SMARTS) is 1. The van der Waals surface area contributed by atoms with Crippen molar-refractivity contribution in [2.24, 2.45) is 0 Å². The Labute approximate surface area is 125 Å². The monoisotopic (exact) mass is 293 g/mol. The molecule has 1 aromatic rings. The number of morpholine rings is 1. The molecule has 0 radical (unpaired) electrons. The average Bonchev–Trinajstić information content (AvgIpc) is 2.47. The Kier molecular flexibility index (Phi) is 4.98. The molecule has 0 amide bonds. The van der Waals surface area contributed by atoms with Crippen LogP contribution in [0.25, 0.3) is 0 Å². The van der Waals surface area contributed by atoms with E-state index in [4.69, 9.17) is 9.84 Å². The normalized spacial score (nSPS) is 20.4. The molecule has 1 aliphatic rings. The van der Waals surface area contributed by atoms with Crippen molar-refractivity contribution in [2.75, 3.05) is 32.8 Å². The number of aromatic carboxylic acids is 1. The van der Waals surface area contributed by atoms with Crippen LogP contribution in [0.15, 0.2) is 24.3 Å². The second-order valence-corrected chi connectivity index (χ2v) is 6.18. The first-order valence-electron chi connectivity index (χ1n) is 7.21. The second kappa shape index (κ2) is 6.56. The molecular weight excluding hydrogens is 270 g/mol. The van der Waals surface area contributed by atoms with Gasteiger partial charge in [0.15, 0.2) is 0 Å². The van der Waals surface area contributed by atoms with E-state index < -0.39 is 5.97 Å². The van der Waals surface area contributed by atoms with Gasteiger partial charge >= 0.3 is 5.97 Å². The van der Waals surface area contributed by atoms with E-state index in [2.05, 4.69) is 18.7 Å². The van der Waals surface area contributed by atoms with Crippen molar-refractivity contribution in [2.45, 2.75) is 25.4 Å². The van der Waals surface area contributed by atoms with Crippen LogP contribution in [-0.4, -0.2) is 60.0 Å². The summed E-state index contributed by atoms with van der Waals surface area (Å²) in [5, 5.41) is 18.1. The minimum absolute atomic E-state index is 0.0459. The number of hydrogen-bond acceptors (Lipinski definition) is 4. The molecule has 1 aliphatic heterocycles. The van der Waals surface area contributed by atoms with Crippen molar-refractivity contribution < 1.29 is 19.7 Å². The summed E-state index contributed by atoms with van der Waals surface area (Å²) in [7, 11) is 0. The number of aliphatic hydroxyl groups excluding tert-OH is 1. The van der Waals surface area contributed by atoms with Gasteiger partial charge in [0, 0.05) is 25.0 Å². The highest BCUT2D eigenvalue weighted by atomic mass is 16.5. The lowest BCUT2D eigenvalue weighted by atomic mass is 9.83. The zero-order chi connectivity index (χ0) is 15.5. The Morgan fingerprint density at radius 1 is 1.38 bits per heavy atom. The SMILES string of the molecule is CC(C)(CN1CCO[C@H](CO)C1)c1ccc(C(=O)O)cc1. The van der Waals surface area contributed by atoms with Gasteiger partial charge in [0.1, 0.15) is 0 Å². The maximum atomic E-state index is 10.9. The number of rotatable bonds is 5. The Hall–Kier alpha value is -1.43. The summed E-state index contributed by atoms with van der Waals surface area (Å²) >= 11 is 0. The zero-order valence-electron chi connectivity index (χ0n) is 12.6. The predicted octanol–water partition coefficient (Wildman–Crippen LogP) is 1.36. The molecule has 21 heavy (non-hydrogen) atoms. The lowest BCUT2D eigenvalue weighted by molar-refractivity contribution is -0.0567. The summed E-state index contributed by atoms with van der Waals surface area (Å²) in [6.45, 7) is 7.40. The summed E-state index contributed by atoms with van der Waals surface area (Å²) in [6, 6.07) is 7.06. The van der Waals surface area contributed by atoms with Gasteiger partial charge in [0.25, 0.3) is 0 Å². The maximum absolute atomic E-state index is 10.9. The smallest absolute Gasteiger partial charge is 0.335 e. The molecule has 2 N–H and O–H groups in total. The molecule has 5 heteroatoms. The predicted molar refractivity (Wildman–Crippen MR) is 79.7 cm³/mol. The fourth-order valence-corrected chi connectivity index (χ4v) is 2.75. The molecule has 0 aromatic heterocycles. The van der Waals surface area contributed by atoms with Crippen LogP contribution < -0.4 is 0 Å².